The fourth-order valence-corrected chi connectivity index (χ4v) is 7.02. The van der Waals surface area contributed by atoms with Gasteiger partial charge in [0.05, 0.1) is 0 Å². The first kappa shape index (κ1) is 22.2. The zero-order chi connectivity index (χ0) is 25.8. The number of hydrogen-bond acceptors (Lipinski definition) is 2. The van der Waals surface area contributed by atoms with E-state index >= 15 is 0 Å². The molecule has 0 atom stereocenters. The number of rotatable bonds is 3. The monoisotopic (exact) mass is 513 g/mol. The van der Waals surface area contributed by atoms with Gasteiger partial charge in [-0.2, -0.15) is 0 Å². The highest BCUT2D eigenvalue weighted by molar-refractivity contribution is 7.17. The van der Waals surface area contributed by atoms with Gasteiger partial charge < -0.3 is 0 Å². The van der Waals surface area contributed by atoms with Crippen LogP contribution >= 0.6 is 11.3 Å². The number of pyridine rings is 1. The van der Waals surface area contributed by atoms with E-state index in [1.165, 1.54) is 70.2 Å². The van der Waals surface area contributed by atoms with Gasteiger partial charge in [0.1, 0.15) is 0 Å². The van der Waals surface area contributed by atoms with Crippen LogP contribution in [0.4, 0.5) is 0 Å². The molecule has 0 fully saturated rings. The molecule has 0 radical (unpaired) electrons. The second-order valence-corrected chi connectivity index (χ2v) is 10.9. The van der Waals surface area contributed by atoms with Crippen LogP contribution in [0.5, 0.6) is 0 Å². The van der Waals surface area contributed by atoms with Gasteiger partial charge in [0.25, 0.3) is 0 Å². The molecule has 0 bridgehead atoms. The molecule has 0 saturated carbocycles. The Bertz CT molecular complexity index is 2110. The minimum Gasteiger partial charge on any atom is -0.264 e. The van der Waals surface area contributed by atoms with Crippen LogP contribution in [0.25, 0.3) is 75.8 Å². The zero-order valence-corrected chi connectivity index (χ0v) is 22.0. The molecule has 0 aliphatic carbocycles. The maximum atomic E-state index is 4.35. The predicted octanol–water partition coefficient (Wildman–Crippen LogP) is 10.8. The Morgan fingerprint density at radius 3 is 1.79 bits per heavy atom. The molecule has 0 aliphatic rings. The standard InChI is InChI=1S/C37H23NS/c1-2-12-27-24(9-1)10-7-17-28(27)36-29-13-3-5-15-31(29)37(32-16-6-4-14-30(32)36)34-23-39-35-19-18-25(21-33(34)35)26-11-8-20-38-22-26/h1-23H. The lowest BCUT2D eigenvalue weighted by Gasteiger charge is -2.18. The fraction of sp³-hybridized carbons (Fsp3) is 0. The van der Waals surface area contributed by atoms with Crippen LogP contribution in [0.1, 0.15) is 0 Å². The Kier molecular flexibility index (Phi) is 5.07. The molecule has 182 valence electrons. The van der Waals surface area contributed by atoms with E-state index in [9.17, 15) is 0 Å². The molecule has 0 spiro atoms. The highest BCUT2D eigenvalue weighted by Gasteiger charge is 2.19. The van der Waals surface area contributed by atoms with E-state index < -0.39 is 0 Å². The second-order valence-electron chi connectivity index (χ2n) is 9.97. The largest absolute Gasteiger partial charge is 0.264 e. The summed E-state index contributed by atoms with van der Waals surface area (Å²) in [6.07, 6.45) is 3.77. The van der Waals surface area contributed by atoms with Crippen LogP contribution in [0.2, 0.25) is 0 Å². The highest BCUT2D eigenvalue weighted by atomic mass is 32.1. The average Bonchev–Trinajstić information content (AvgIpc) is 3.43. The van der Waals surface area contributed by atoms with Crippen LogP contribution < -0.4 is 0 Å². The summed E-state index contributed by atoms with van der Waals surface area (Å²) in [5, 5.41) is 11.3. The third-order valence-corrected chi connectivity index (χ3v) is 8.79. The maximum absolute atomic E-state index is 4.35. The molecule has 6 aromatic carbocycles. The lowest BCUT2D eigenvalue weighted by molar-refractivity contribution is 1.33. The van der Waals surface area contributed by atoms with Crippen molar-refractivity contribution >= 4 is 53.7 Å². The van der Waals surface area contributed by atoms with Crippen LogP contribution in [0.3, 0.4) is 0 Å². The average molecular weight is 514 g/mol. The Morgan fingerprint density at radius 1 is 0.462 bits per heavy atom. The SMILES string of the molecule is c1cncc(-c2ccc3scc(-c4c5ccccc5c(-c5cccc6ccccc56)c5ccccc45)c3c2)c1. The smallest absolute Gasteiger partial charge is 0.0349 e. The van der Waals surface area contributed by atoms with Gasteiger partial charge in [-0.1, -0.05) is 103 Å². The molecule has 1 nitrogen and oxygen atoms in total. The Balaban J connectivity index is 1.49. The van der Waals surface area contributed by atoms with Crippen molar-refractivity contribution in [2.24, 2.45) is 0 Å². The second kappa shape index (κ2) is 8.90. The molecule has 2 heterocycles. The molecule has 39 heavy (non-hydrogen) atoms. The van der Waals surface area contributed by atoms with Gasteiger partial charge in [0.2, 0.25) is 0 Å². The minimum absolute atomic E-state index is 1.14. The van der Waals surface area contributed by atoms with Gasteiger partial charge in [0, 0.05) is 33.6 Å². The summed E-state index contributed by atoms with van der Waals surface area (Å²) >= 11 is 1.82. The molecule has 8 rings (SSSR count). The lowest BCUT2D eigenvalue weighted by atomic mass is 9.84. The molecule has 0 unspecified atom stereocenters. The van der Waals surface area contributed by atoms with Crippen molar-refractivity contribution in [3.63, 3.8) is 0 Å². The van der Waals surface area contributed by atoms with E-state index in [2.05, 4.69) is 126 Å². The minimum atomic E-state index is 1.14. The summed E-state index contributed by atoms with van der Waals surface area (Å²) in [5.74, 6) is 0. The van der Waals surface area contributed by atoms with Crippen molar-refractivity contribution in [3.05, 3.63) is 139 Å². The molecule has 0 saturated heterocycles. The number of thiophene rings is 1. The van der Waals surface area contributed by atoms with Gasteiger partial charge in [-0.25, -0.2) is 0 Å². The first-order valence-electron chi connectivity index (χ1n) is 13.2. The number of fused-ring (bicyclic) bond motifs is 4. The van der Waals surface area contributed by atoms with Crippen molar-refractivity contribution in [1.82, 2.24) is 4.98 Å². The lowest BCUT2D eigenvalue weighted by Crippen LogP contribution is -1.91. The molecule has 0 aliphatic heterocycles. The Hall–Kier alpha value is -4.79. The van der Waals surface area contributed by atoms with Gasteiger partial charge in [-0.15, -0.1) is 11.3 Å². The van der Waals surface area contributed by atoms with E-state index in [1.54, 1.807) is 0 Å². The van der Waals surface area contributed by atoms with E-state index in [-0.39, 0.29) is 0 Å². The third-order valence-electron chi connectivity index (χ3n) is 7.83. The molecule has 2 heteroatoms. The number of aromatic nitrogens is 1. The first-order valence-corrected chi connectivity index (χ1v) is 14.1. The molecule has 0 N–H and O–H groups in total. The van der Waals surface area contributed by atoms with Crippen molar-refractivity contribution in [2.45, 2.75) is 0 Å². The molecule has 2 aromatic heterocycles. The summed E-state index contributed by atoms with van der Waals surface area (Å²) in [7, 11) is 0. The van der Waals surface area contributed by atoms with Gasteiger partial charge in [-0.3, -0.25) is 4.98 Å². The van der Waals surface area contributed by atoms with Crippen LogP contribution in [-0.4, -0.2) is 4.98 Å². The summed E-state index contributed by atoms with van der Waals surface area (Å²) < 4.78 is 1.30. The highest BCUT2D eigenvalue weighted by Crippen LogP contribution is 2.47. The fourth-order valence-electron chi connectivity index (χ4n) is 6.09. The number of hydrogen-bond donors (Lipinski definition) is 0. The maximum Gasteiger partial charge on any atom is 0.0349 e. The molecule has 8 aromatic rings. The van der Waals surface area contributed by atoms with Crippen LogP contribution in [-0.2, 0) is 0 Å². The third kappa shape index (κ3) is 3.49. The topological polar surface area (TPSA) is 12.9 Å². The first-order chi connectivity index (χ1) is 19.4. The molecular formula is C37H23NS. The van der Waals surface area contributed by atoms with E-state index in [4.69, 9.17) is 0 Å². The normalized spacial score (nSPS) is 11.6. The Morgan fingerprint density at radius 2 is 1.10 bits per heavy atom. The van der Waals surface area contributed by atoms with Crippen LogP contribution in [0, 0.1) is 0 Å². The number of nitrogens with zero attached hydrogens (tertiary/aromatic N) is 1. The summed E-state index contributed by atoms with van der Waals surface area (Å²) in [6.45, 7) is 0. The van der Waals surface area contributed by atoms with E-state index in [0.717, 1.165) is 5.56 Å². The van der Waals surface area contributed by atoms with Crippen molar-refractivity contribution in [1.29, 1.82) is 0 Å². The summed E-state index contributed by atoms with van der Waals surface area (Å²) in [4.78, 5) is 4.35. The predicted molar refractivity (Wildman–Crippen MR) is 168 cm³/mol. The molecular weight excluding hydrogens is 490 g/mol. The summed E-state index contributed by atoms with van der Waals surface area (Å²) in [6, 6.07) is 44.1. The zero-order valence-electron chi connectivity index (χ0n) is 21.1. The van der Waals surface area contributed by atoms with E-state index in [0.29, 0.717) is 0 Å². The van der Waals surface area contributed by atoms with Crippen molar-refractivity contribution in [2.75, 3.05) is 0 Å². The van der Waals surface area contributed by atoms with Gasteiger partial charge in [-0.05, 0) is 78.2 Å². The summed E-state index contributed by atoms with van der Waals surface area (Å²) in [5.41, 5.74) is 7.50. The van der Waals surface area contributed by atoms with Crippen molar-refractivity contribution < 1.29 is 0 Å². The van der Waals surface area contributed by atoms with Gasteiger partial charge in [0.15, 0.2) is 0 Å². The van der Waals surface area contributed by atoms with Crippen LogP contribution in [0.15, 0.2) is 139 Å². The number of benzene rings is 6. The van der Waals surface area contributed by atoms with Crippen molar-refractivity contribution in [3.8, 4) is 33.4 Å². The quantitative estimate of drug-likeness (QED) is 0.214. The van der Waals surface area contributed by atoms with E-state index in [1.807, 2.05) is 29.8 Å². The molecule has 0 amide bonds. The van der Waals surface area contributed by atoms with Gasteiger partial charge >= 0.3 is 0 Å². The Labute approximate surface area is 230 Å².